The first-order valence-electron chi connectivity index (χ1n) is 5.20. The molecule has 0 unspecified atom stereocenters. The van der Waals surface area contributed by atoms with Crippen molar-refractivity contribution in [2.24, 2.45) is 10.7 Å². The lowest BCUT2D eigenvalue weighted by atomic mass is 10.1. The van der Waals surface area contributed by atoms with Crippen molar-refractivity contribution in [1.82, 2.24) is 5.32 Å². The Morgan fingerprint density at radius 2 is 1.88 bits per heavy atom. The highest BCUT2D eigenvalue weighted by Gasteiger charge is 1.95. The predicted molar refractivity (Wildman–Crippen MR) is 80.2 cm³/mol. The third-order valence-corrected chi connectivity index (χ3v) is 1.99. The molecule has 0 bridgehead atoms. The number of aliphatic imine (C=N–C) groups is 1. The average Bonchev–Trinajstić information content (AvgIpc) is 2.16. The molecule has 0 aliphatic heterocycles. The van der Waals surface area contributed by atoms with Crippen LogP contribution >= 0.6 is 24.0 Å². The molecule has 1 aromatic rings. The Hall–Kier alpha value is -0.780. The minimum absolute atomic E-state index is 0. The average molecular weight is 333 g/mol. The lowest BCUT2D eigenvalue weighted by Gasteiger charge is -2.08. The van der Waals surface area contributed by atoms with E-state index in [0.717, 1.165) is 0 Å². The van der Waals surface area contributed by atoms with Crippen LogP contribution in [0.1, 0.15) is 25.0 Å². The second-order valence-corrected chi connectivity index (χ2v) is 3.99. The van der Waals surface area contributed by atoms with E-state index in [-0.39, 0.29) is 24.0 Å². The van der Waals surface area contributed by atoms with Gasteiger partial charge in [-0.05, 0) is 26.3 Å². The molecule has 0 aliphatic carbocycles. The molecule has 0 amide bonds. The van der Waals surface area contributed by atoms with Crippen molar-refractivity contribution in [3.8, 4) is 0 Å². The normalized spacial score (nSPS) is 11.1. The number of hydrogen-bond acceptors (Lipinski definition) is 1. The van der Waals surface area contributed by atoms with Crippen LogP contribution in [0.5, 0.6) is 0 Å². The van der Waals surface area contributed by atoms with Gasteiger partial charge in [0.05, 0.1) is 6.54 Å². The monoisotopic (exact) mass is 333 g/mol. The second kappa shape index (κ2) is 7.49. The van der Waals surface area contributed by atoms with Gasteiger partial charge in [0.1, 0.15) is 0 Å². The summed E-state index contributed by atoms with van der Waals surface area (Å²) in [6, 6.07) is 8.63. The van der Waals surface area contributed by atoms with Crippen LogP contribution in [0.3, 0.4) is 0 Å². The quantitative estimate of drug-likeness (QED) is 0.507. The molecular weight excluding hydrogens is 313 g/mol. The van der Waals surface area contributed by atoms with Gasteiger partial charge in [-0.25, -0.2) is 4.99 Å². The first-order chi connectivity index (χ1) is 7.08. The van der Waals surface area contributed by atoms with Gasteiger partial charge in [0, 0.05) is 6.04 Å². The fraction of sp³-hybridized carbons (Fsp3) is 0.417. The van der Waals surface area contributed by atoms with Gasteiger partial charge in [0.25, 0.3) is 0 Å². The fourth-order valence-corrected chi connectivity index (χ4v) is 1.21. The molecule has 90 valence electrons. The van der Waals surface area contributed by atoms with Gasteiger partial charge in [-0.1, -0.05) is 29.8 Å². The van der Waals surface area contributed by atoms with E-state index in [1.165, 1.54) is 11.1 Å². The zero-order valence-corrected chi connectivity index (χ0v) is 12.4. The lowest BCUT2D eigenvalue weighted by Crippen LogP contribution is -2.36. The summed E-state index contributed by atoms with van der Waals surface area (Å²) in [5, 5.41) is 3.05. The second-order valence-electron chi connectivity index (χ2n) is 3.99. The summed E-state index contributed by atoms with van der Waals surface area (Å²) in [4.78, 5) is 4.25. The molecule has 0 radical (unpaired) electrons. The number of benzene rings is 1. The number of nitrogens with two attached hydrogens (primary N) is 1. The third-order valence-electron chi connectivity index (χ3n) is 1.99. The van der Waals surface area contributed by atoms with Crippen molar-refractivity contribution in [2.45, 2.75) is 33.4 Å². The predicted octanol–water partition coefficient (Wildman–Crippen LogP) is 2.43. The SMILES string of the molecule is Cc1ccc(CN=C(N)NC(C)C)cc1.I. The summed E-state index contributed by atoms with van der Waals surface area (Å²) in [5.41, 5.74) is 8.13. The number of aryl methyl sites for hydroxylation is 1. The van der Waals surface area contributed by atoms with Crippen LogP contribution in [-0.4, -0.2) is 12.0 Å². The third kappa shape index (κ3) is 5.95. The Balaban J connectivity index is 0.00000225. The zero-order chi connectivity index (χ0) is 11.3. The maximum Gasteiger partial charge on any atom is 0.189 e. The number of halogens is 1. The summed E-state index contributed by atoms with van der Waals surface area (Å²) >= 11 is 0. The van der Waals surface area contributed by atoms with E-state index < -0.39 is 0 Å². The van der Waals surface area contributed by atoms with E-state index in [9.17, 15) is 0 Å². The lowest BCUT2D eigenvalue weighted by molar-refractivity contribution is 0.723. The minimum Gasteiger partial charge on any atom is -0.370 e. The maximum atomic E-state index is 5.69. The summed E-state index contributed by atoms with van der Waals surface area (Å²) < 4.78 is 0. The number of rotatable bonds is 3. The number of guanidine groups is 1. The van der Waals surface area contributed by atoms with Gasteiger partial charge < -0.3 is 11.1 Å². The van der Waals surface area contributed by atoms with E-state index in [1.54, 1.807) is 0 Å². The molecule has 1 rings (SSSR count). The summed E-state index contributed by atoms with van der Waals surface area (Å²) in [6.07, 6.45) is 0. The Morgan fingerprint density at radius 3 is 2.38 bits per heavy atom. The summed E-state index contributed by atoms with van der Waals surface area (Å²) in [5.74, 6) is 0.505. The number of nitrogens with zero attached hydrogens (tertiary/aromatic N) is 1. The molecule has 0 saturated carbocycles. The number of hydrogen-bond donors (Lipinski definition) is 2. The standard InChI is InChI=1S/C12H19N3.HI/c1-9(2)15-12(13)14-8-11-6-4-10(3)5-7-11;/h4-7,9H,8H2,1-3H3,(H3,13,14,15);1H. The molecular formula is C12H20IN3. The Morgan fingerprint density at radius 1 is 1.31 bits per heavy atom. The van der Waals surface area contributed by atoms with E-state index in [0.29, 0.717) is 18.5 Å². The molecule has 0 heterocycles. The zero-order valence-electron chi connectivity index (χ0n) is 10.0. The van der Waals surface area contributed by atoms with Crippen molar-refractivity contribution >= 4 is 29.9 Å². The van der Waals surface area contributed by atoms with Crippen LogP contribution in [0.2, 0.25) is 0 Å². The van der Waals surface area contributed by atoms with E-state index in [4.69, 9.17) is 5.73 Å². The van der Waals surface area contributed by atoms with Gasteiger partial charge in [0.2, 0.25) is 0 Å². The van der Waals surface area contributed by atoms with Crippen LogP contribution < -0.4 is 11.1 Å². The molecule has 1 aromatic carbocycles. The highest BCUT2D eigenvalue weighted by atomic mass is 127. The van der Waals surface area contributed by atoms with Crippen LogP contribution in [-0.2, 0) is 6.54 Å². The van der Waals surface area contributed by atoms with Gasteiger partial charge in [-0.15, -0.1) is 24.0 Å². The molecule has 3 N–H and O–H groups in total. The molecule has 0 spiro atoms. The summed E-state index contributed by atoms with van der Waals surface area (Å²) in [7, 11) is 0. The molecule has 0 atom stereocenters. The highest BCUT2D eigenvalue weighted by molar-refractivity contribution is 14.0. The maximum absolute atomic E-state index is 5.69. The Kier molecular flexibility index (Phi) is 7.12. The van der Waals surface area contributed by atoms with Gasteiger partial charge in [-0.2, -0.15) is 0 Å². The first kappa shape index (κ1) is 15.2. The summed E-state index contributed by atoms with van der Waals surface area (Å²) in [6.45, 7) is 6.77. The largest absolute Gasteiger partial charge is 0.370 e. The molecule has 0 saturated heterocycles. The number of nitrogens with one attached hydrogen (secondary N) is 1. The molecule has 0 fully saturated rings. The van der Waals surface area contributed by atoms with E-state index in [2.05, 4.69) is 41.5 Å². The van der Waals surface area contributed by atoms with Gasteiger partial charge >= 0.3 is 0 Å². The van der Waals surface area contributed by atoms with Crippen molar-refractivity contribution < 1.29 is 0 Å². The van der Waals surface area contributed by atoms with Crippen molar-refractivity contribution in [3.05, 3.63) is 35.4 Å². The Labute approximate surface area is 115 Å². The fourth-order valence-electron chi connectivity index (χ4n) is 1.21. The van der Waals surface area contributed by atoms with Crippen LogP contribution in [0.25, 0.3) is 0 Å². The first-order valence-corrected chi connectivity index (χ1v) is 5.20. The minimum atomic E-state index is 0. The molecule has 0 aromatic heterocycles. The van der Waals surface area contributed by atoms with Crippen molar-refractivity contribution in [3.63, 3.8) is 0 Å². The van der Waals surface area contributed by atoms with Gasteiger partial charge in [-0.3, -0.25) is 0 Å². The van der Waals surface area contributed by atoms with E-state index >= 15 is 0 Å². The van der Waals surface area contributed by atoms with Crippen LogP contribution in [0.4, 0.5) is 0 Å². The smallest absolute Gasteiger partial charge is 0.189 e. The van der Waals surface area contributed by atoms with Crippen molar-refractivity contribution in [1.29, 1.82) is 0 Å². The van der Waals surface area contributed by atoms with Gasteiger partial charge in [0.15, 0.2) is 5.96 Å². The highest BCUT2D eigenvalue weighted by Crippen LogP contribution is 2.03. The Bertz CT molecular complexity index is 331. The molecule has 3 nitrogen and oxygen atoms in total. The van der Waals surface area contributed by atoms with Crippen LogP contribution in [0, 0.1) is 6.92 Å². The van der Waals surface area contributed by atoms with Crippen molar-refractivity contribution in [2.75, 3.05) is 0 Å². The van der Waals surface area contributed by atoms with Crippen LogP contribution in [0.15, 0.2) is 29.3 Å². The molecule has 4 heteroatoms. The molecule has 0 aliphatic rings. The molecule has 16 heavy (non-hydrogen) atoms. The van der Waals surface area contributed by atoms with E-state index in [1.807, 2.05) is 13.8 Å². The topological polar surface area (TPSA) is 50.4 Å².